The van der Waals surface area contributed by atoms with Crippen LogP contribution in [0.25, 0.3) is 22.0 Å². The number of aromatic amines is 1. The molecule has 0 spiro atoms. The summed E-state index contributed by atoms with van der Waals surface area (Å²) in [5.41, 5.74) is 2.88. The Morgan fingerprint density at radius 2 is 1.97 bits per heavy atom. The lowest BCUT2D eigenvalue weighted by molar-refractivity contribution is -0.116. The average molecular weight is 511 g/mol. The van der Waals surface area contributed by atoms with Gasteiger partial charge in [-0.1, -0.05) is 23.4 Å². The van der Waals surface area contributed by atoms with E-state index in [4.69, 9.17) is 4.52 Å². The molecular weight excluding hydrogens is 490 g/mol. The van der Waals surface area contributed by atoms with Crippen molar-refractivity contribution < 1.29 is 26.5 Å². The van der Waals surface area contributed by atoms with Gasteiger partial charge in [0.1, 0.15) is 23.1 Å². The molecule has 2 aromatic carbocycles. The second kappa shape index (κ2) is 9.15. The van der Waals surface area contributed by atoms with E-state index in [1.807, 2.05) is 24.3 Å². The quantitative estimate of drug-likeness (QED) is 0.334. The van der Waals surface area contributed by atoms with E-state index < -0.39 is 33.0 Å². The van der Waals surface area contributed by atoms with Crippen LogP contribution in [0.4, 0.5) is 8.78 Å². The van der Waals surface area contributed by atoms with Crippen molar-refractivity contribution in [1.82, 2.24) is 19.9 Å². The van der Waals surface area contributed by atoms with E-state index in [1.165, 1.54) is 16.8 Å². The monoisotopic (exact) mass is 510 g/mol. The molecule has 0 amide bonds. The fourth-order valence-corrected chi connectivity index (χ4v) is 5.65. The van der Waals surface area contributed by atoms with E-state index in [9.17, 15) is 22.0 Å². The summed E-state index contributed by atoms with van der Waals surface area (Å²) in [6, 6.07) is 10.7. The van der Waals surface area contributed by atoms with Crippen LogP contribution in [-0.2, 0) is 27.6 Å². The number of benzene rings is 2. The Balaban J connectivity index is 1.51. The molecule has 184 valence electrons. The molecule has 0 bridgehead atoms. The van der Waals surface area contributed by atoms with E-state index in [0.29, 0.717) is 17.5 Å². The third kappa shape index (κ3) is 4.69. The molecule has 1 N–H and O–H groups in total. The van der Waals surface area contributed by atoms with Crippen LogP contribution in [0.2, 0.25) is 0 Å². The second-order valence-electron chi connectivity index (χ2n) is 8.49. The molecule has 0 aliphatic heterocycles. The summed E-state index contributed by atoms with van der Waals surface area (Å²) in [5, 5.41) is 10.1. The Kier molecular flexibility index (Phi) is 6.00. The molecule has 11 heteroatoms. The summed E-state index contributed by atoms with van der Waals surface area (Å²) in [6.45, 7) is 1.80. The maximum Gasteiger partial charge on any atom is 0.187 e. The number of carbonyl (C=O) groups excluding carboxylic acids is 1. The minimum Gasteiger partial charge on any atom is -0.361 e. The van der Waals surface area contributed by atoms with E-state index in [1.54, 1.807) is 19.3 Å². The van der Waals surface area contributed by atoms with E-state index in [0.717, 1.165) is 22.8 Å². The number of hydrogen-bond donors (Lipinski definition) is 1. The van der Waals surface area contributed by atoms with Gasteiger partial charge >= 0.3 is 0 Å². The summed E-state index contributed by atoms with van der Waals surface area (Å²) in [5.74, 6) is -2.85. The van der Waals surface area contributed by atoms with Crippen LogP contribution in [0, 0.1) is 18.6 Å². The van der Waals surface area contributed by atoms with Crippen LogP contribution in [0.15, 0.2) is 70.5 Å². The highest BCUT2D eigenvalue weighted by molar-refractivity contribution is 7.92. The molecule has 36 heavy (non-hydrogen) atoms. The number of aryl methyl sites for hydroxylation is 1. The smallest absolute Gasteiger partial charge is 0.187 e. The summed E-state index contributed by atoms with van der Waals surface area (Å²) in [4.78, 5) is 12.1. The van der Waals surface area contributed by atoms with E-state index >= 15 is 0 Å². The Labute approximate surface area is 204 Å². The number of halogens is 2. The van der Waals surface area contributed by atoms with Crippen molar-refractivity contribution in [3.63, 3.8) is 0 Å². The zero-order valence-electron chi connectivity index (χ0n) is 19.0. The zero-order chi connectivity index (χ0) is 25.4. The van der Waals surface area contributed by atoms with Crippen molar-refractivity contribution in [2.75, 3.05) is 5.75 Å². The number of hydrogen-bond acceptors (Lipinski definition) is 6. The SMILES string of the molecule is Cc1cc(CC(=O)CS(=O)(=O)c2cn(Cc3cccc(-c4cn[nH]c4)c3)c3cc(F)cc(F)c23)no1. The van der Waals surface area contributed by atoms with Crippen molar-refractivity contribution >= 4 is 26.5 Å². The van der Waals surface area contributed by atoms with Crippen LogP contribution in [0.5, 0.6) is 0 Å². The van der Waals surface area contributed by atoms with Crippen molar-refractivity contribution in [3.05, 3.63) is 89.7 Å². The molecule has 0 fully saturated rings. The van der Waals surface area contributed by atoms with Gasteiger partial charge in [0, 0.05) is 36.6 Å². The summed E-state index contributed by atoms with van der Waals surface area (Å²) >= 11 is 0. The highest BCUT2D eigenvalue weighted by Gasteiger charge is 2.27. The first-order valence-corrected chi connectivity index (χ1v) is 12.6. The predicted molar refractivity (Wildman–Crippen MR) is 127 cm³/mol. The number of H-pyrrole nitrogens is 1. The largest absolute Gasteiger partial charge is 0.361 e. The maximum atomic E-state index is 14.9. The Morgan fingerprint density at radius 3 is 2.69 bits per heavy atom. The van der Waals surface area contributed by atoms with E-state index in [2.05, 4.69) is 15.4 Å². The van der Waals surface area contributed by atoms with Gasteiger partial charge in [0.2, 0.25) is 0 Å². The second-order valence-corrected chi connectivity index (χ2v) is 10.5. The summed E-state index contributed by atoms with van der Waals surface area (Å²) in [7, 11) is -4.25. The number of fused-ring (bicyclic) bond motifs is 1. The molecule has 0 radical (unpaired) electrons. The summed E-state index contributed by atoms with van der Waals surface area (Å²) in [6.07, 6.45) is 4.40. The normalized spacial score (nSPS) is 11.9. The molecule has 5 rings (SSSR count). The number of nitrogens with zero attached hydrogens (tertiary/aromatic N) is 3. The molecule has 0 unspecified atom stereocenters. The molecule has 5 aromatic rings. The fourth-order valence-electron chi connectivity index (χ4n) is 4.17. The van der Waals surface area contributed by atoms with E-state index in [-0.39, 0.29) is 28.8 Å². The van der Waals surface area contributed by atoms with Gasteiger partial charge in [-0.3, -0.25) is 9.89 Å². The van der Waals surface area contributed by atoms with Gasteiger partial charge in [0.05, 0.1) is 34.1 Å². The molecular formula is C25H20F2N4O4S. The highest BCUT2D eigenvalue weighted by Crippen LogP contribution is 2.31. The Morgan fingerprint density at radius 1 is 1.14 bits per heavy atom. The van der Waals surface area contributed by atoms with Crippen LogP contribution >= 0.6 is 0 Å². The minimum atomic E-state index is -4.25. The lowest BCUT2D eigenvalue weighted by atomic mass is 10.1. The van der Waals surface area contributed by atoms with Crippen LogP contribution in [0.1, 0.15) is 17.0 Å². The number of sulfone groups is 1. The first kappa shape index (κ1) is 23.6. The number of ketones is 1. The number of aromatic nitrogens is 4. The third-order valence-corrected chi connectivity index (χ3v) is 7.40. The fraction of sp³-hybridized carbons (Fsp3) is 0.160. The number of Topliss-reactive ketones (excluding diaryl/α,β-unsaturated/α-hetero) is 1. The lowest BCUT2D eigenvalue weighted by Gasteiger charge is -2.07. The van der Waals surface area contributed by atoms with Crippen molar-refractivity contribution in [2.24, 2.45) is 0 Å². The number of carbonyl (C=O) groups is 1. The van der Waals surface area contributed by atoms with Gasteiger partial charge in [-0.25, -0.2) is 17.2 Å². The third-order valence-electron chi connectivity index (χ3n) is 5.72. The topological polar surface area (TPSA) is 111 Å². The molecule has 3 heterocycles. The Hall–Kier alpha value is -4.12. The zero-order valence-corrected chi connectivity index (χ0v) is 19.9. The van der Waals surface area contributed by atoms with Crippen molar-refractivity contribution in [2.45, 2.75) is 24.8 Å². The molecule has 0 aliphatic carbocycles. The molecule has 0 saturated carbocycles. The van der Waals surface area contributed by atoms with Gasteiger partial charge in [-0.2, -0.15) is 5.10 Å². The van der Waals surface area contributed by atoms with Crippen molar-refractivity contribution in [3.8, 4) is 11.1 Å². The van der Waals surface area contributed by atoms with Crippen LogP contribution in [0.3, 0.4) is 0 Å². The first-order chi connectivity index (χ1) is 17.2. The molecule has 0 saturated heterocycles. The van der Waals surface area contributed by atoms with Gasteiger partial charge in [-0.05, 0) is 30.2 Å². The number of nitrogens with one attached hydrogen (secondary N) is 1. The standard InChI is InChI=1S/C25H20F2N4O4S/c1-15-5-20(30-35-15)9-21(32)14-36(33,34)24-13-31(23-8-19(26)7-22(27)25(23)24)12-16-3-2-4-17(6-16)18-10-28-29-11-18/h2-8,10-11,13H,9,12,14H2,1H3,(H,28,29). The lowest BCUT2D eigenvalue weighted by Crippen LogP contribution is -2.18. The Bertz CT molecular complexity index is 1690. The predicted octanol–water partition coefficient (Wildman–Crippen LogP) is 4.24. The number of rotatable bonds is 8. The van der Waals surface area contributed by atoms with Gasteiger partial charge in [-0.15, -0.1) is 0 Å². The van der Waals surface area contributed by atoms with Gasteiger partial charge < -0.3 is 9.09 Å². The minimum absolute atomic E-state index is 0.0689. The molecule has 0 aliphatic rings. The first-order valence-electron chi connectivity index (χ1n) is 10.9. The van der Waals surface area contributed by atoms with Crippen molar-refractivity contribution in [1.29, 1.82) is 0 Å². The van der Waals surface area contributed by atoms with Crippen LogP contribution in [-0.4, -0.2) is 39.9 Å². The maximum absolute atomic E-state index is 14.9. The van der Waals surface area contributed by atoms with Crippen LogP contribution < -0.4 is 0 Å². The molecule has 0 atom stereocenters. The van der Waals surface area contributed by atoms with Gasteiger partial charge in [0.15, 0.2) is 15.6 Å². The average Bonchev–Trinajstić information content (AvgIpc) is 3.55. The molecule has 3 aromatic heterocycles. The van der Waals surface area contributed by atoms with Gasteiger partial charge in [0.25, 0.3) is 0 Å². The molecule has 8 nitrogen and oxygen atoms in total. The highest BCUT2D eigenvalue weighted by atomic mass is 32.2. The summed E-state index contributed by atoms with van der Waals surface area (Å²) < 4.78 is 61.8.